The Morgan fingerprint density at radius 1 is 1.28 bits per heavy atom. The van der Waals surface area contributed by atoms with Crippen LogP contribution >= 0.6 is 11.3 Å². The summed E-state index contributed by atoms with van der Waals surface area (Å²) in [5.41, 5.74) is 2.41. The van der Waals surface area contributed by atoms with E-state index in [0.717, 1.165) is 17.5 Å². The number of halogens is 3. The van der Waals surface area contributed by atoms with E-state index >= 15 is 0 Å². The molecule has 0 aliphatic carbocycles. The van der Waals surface area contributed by atoms with E-state index in [-0.39, 0.29) is 10.6 Å². The van der Waals surface area contributed by atoms with Gasteiger partial charge in [0.25, 0.3) is 6.43 Å². The molecule has 3 aromatic rings. The first kappa shape index (κ1) is 11.2. The molecule has 92 valence electrons. The van der Waals surface area contributed by atoms with Crippen LogP contribution in [0.3, 0.4) is 0 Å². The number of hydrogen-bond acceptors (Lipinski definition) is 3. The number of aromatic amines is 1. The lowest BCUT2D eigenvalue weighted by Gasteiger charge is -1.99. The highest BCUT2D eigenvalue weighted by molar-refractivity contribution is 7.10. The van der Waals surface area contributed by atoms with Crippen LogP contribution in [-0.4, -0.2) is 15.0 Å². The summed E-state index contributed by atoms with van der Waals surface area (Å²) in [7, 11) is 0. The van der Waals surface area contributed by atoms with Crippen LogP contribution in [0.25, 0.3) is 22.3 Å². The predicted octanol–water partition coefficient (Wildman–Crippen LogP) is 3.76. The molecule has 3 aromatic heterocycles. The van der Waals surface area contributed by atoms with Crippen molar-refractivity contribution in [3.05, 3.63) is 34.7 Å². The maximum absolute atomic E-state index is 13.2. The Balaban J connectivity index is 2.25. The lowest BCUT2D eigenvalue weighted by Crippen LogP contribution is -1.85. The third-order valence-electron chi connectivity index (χ3n) is 2.55. The first-order valence-electron chi connectivity index (χ1n) is 5.01. The molecule has 0 spiro atoms. The van der Waals surface area contributed by atoms with Crippen molar-refractivity contribution >= 4 is 22.4 Å². The molecule has 3 heterocycles. The van der Waals surface area contributed by atoms with Gasteiger partial charge in [0.05, 0.1) is 22.3 Å². The van der Waals surface area contributed by atoms with Crippen molar-refractivity contribution in [2.75, 3.05) is 0 Å². The van der Waals surface area contributed by atoms with Crippen molar-refractivity contribution in [2.24, 2.45) is 0 Å². The number of fused-ring (bicyclic) bond motifs is 1. The van der Waals surface area contributed by atoms with Crippen molar-refractivity contribution in [2.45, 2.75) is 6.43 Å². The van der Waals surface area contributed by atoms with Gasteiger partial charge in [0.1, 0.15) is 11.5 Å². The minimum atomic E-state index is -2.60. The zero-order chi connectivity index (χ0) is 12.7. The number of nitrogens with one attached hydrogen (secondary N) is 1. The maximum Gasteiger partial charge on any atom is 0.275 e. The highest BCUT2D eigenvalue weighted by atomic mass is 32.1. The summed E-state index contributed by atoms with van der Waals surface area (Å²) >= 11 is 0.879. The number of hydrogen-bond donors (Lipinski definition) is 1. The Hall–Kier alpha value is -1.89. The van der Waals surface area contributed by atoms with E-state index in [1.54, 1.807) is 0 Å². The molecule has 7 heteroatoms. The molecule has 3 rings (SSSR count). The van der Waals surface area contributed by atoms with E-state index < -0.39 is 12.2 Å². The van der Waals surface area contributed by atoms with Crippen LogP contribution in [0.2, 0.25) is 0 Å². The smallest absolute Gasteiger partial charge is 0.275 e. The Kier molecular flexibility index (Phi) is 2.55. The van der Waals surface area contributed by atoms with Crippen LogP contribution < -0.4 is 0 Å². The normalized spacial score (nSPS) is 11.6. The van der Waals surface area contributed by atoms with Gasteiger partial charge in [0.15, 0.2) is 0 Å². The minimum absolute atomic E-state index is 0.125. The van der Waals surface area contributed by atoms with Gasteiger partial charge in [-0.25, -0.2) is 23.1 Å². The molecule has 1 N–H and O–H groups in total. The van der Waals surface area contributed by atoms with Gasteiger partial charge < -0.3 is 4.98 Å². The molecule has 0 saturated heterocycles. The quantitative estimate of drug-likeness (QED) is 0.769. The Morgan fingerprint density at radius 2 is 2.11 bits per heavy atom. The summed E-state index contributed by atoms with van der Waals surface area (Å²) in [6.07, 6.45) is -0.0191. The van der Waals surface area contributed by atoms with Crippen LogP contribution in [0, 0.1) is 5.82 Å². The van der Waals surface area contributed by atoms with Gasteiger partial charge in [0, 0.05) is 17.1 Å². The van der Waals surface area contributed by atoms with Crippen molar-refractivity contribution < 1.29 is 13.2 Å². The van der Waals surface area contributed by atoms with Crippen LogP contribution in [0.1, 0.15) is 11.3 Å². The first-order valence-corrected chi connectivity index (χ1v) is 5.89. The fraction of sp³-hybridized carbons (Fsp3) is 0.0909. The third kappa shape index (κ3) is 1.67. The number of thiazole rings is 1. The average Bonchev–Trinajstić information content (AvgIpc) is 2.92. The molecule has 3 nitrogen and oxygen atoms in total. The summed E-state index contributed by atoms with van der Waals surface area (Å²) in [4.78, 5) is 10.5. The number of nitrogens with zero attached hydrogens (tertiary/aromatic N) is 2. The van der Waals surface area contributed by atoms with Crippen molar-refractivity contribution in [3.63, 3.8) is 0 Å². The van der Waals surface area contributed by atoms with Crippen LogP contribution in [0.5, 0.6) is 0 Å². The second-order valence-corrected chi connectivity index (χ2v) is 4.50. The predicted molar refractivity (Wildman–Crippen MR) is 62.1 cm³/mol. The topological polar surface area (TPSA) is 41.6 Å². The monoisotopic (exact) mass is 269 g/mol. The van der Waals surface area contributed by atoms with Gasteiger partial charge >= 0.3 is 0 Å². The van der Waals surface area contributed by atoms with Gasteiger partial charge in [-0.3, -0.25) is 0 Å². The second kappa shape index (κ2) is 4.09. The van der Waals surface area contributed by atoms with E-state index in [4.69, 9.17) is 0 Å². The molecule has 0 aliphatic heterocycles. The van der Waals surface area contributed by atoms with Crippen LogP contribution in [0.15, 0.2) is 24.0 Å². The SMILES string of the molecule is Fc1cnc2[nH]cc(-c3ncsc3C(F)F)c2c1. The van der Waals surface area contributed by atoms with E-state index in [0.29, 0.717) is 16.6 Å². The maximum atomic E-state index is 13.2. The van der Waals surface area contributed by atoms with Crippen LogP contribution in [0.4, 0.5) is 13.2 Å². The van der Waals surface area contributed by atoms with E-state index in [9.17, 15) is 13.2 Å². The van der Waals surface area contributed by atoms with Gasteiger partial charge in [-0.1, -0.05) is 0 Å². The molecule has 0 saturated carbocycles. The fourth-order valence-corrected chi connectivity index (χ4v) is 2.43. The number of H-pyrrole nitrogens is 1. The van der Waals surface area contributed by atoms with E-state index in [2.05, 4.69) is 15.0 Å². The summed E-state index contributed by atoms with van der Waals surface area (Å²) in [6.45, 7) is 0. The zero-order valence-electron chi connectivity index (χ0n) is 8.82. The van der Waals surface area contributed by atoms with Gasteiger partial charge in [-0.2, -0.15) is 0 Å². The number of pyridine rings is 1. The zero-order valence-corrected chi connectivity index (χ0v) is 9.64. The Labute approximate surface area is 103 Å². The number of aromatic nitrogens is 3. The molecule has 0 aliphatic rings. The lowest BCUT2D eigenvalue weighted by atomic mass is 10.1. The number of rotatable bonds is 2. The molecular weight excluding hydrogens is 263 g/mol. The Morgan fingerprint density at radius 3 is 2.89 bits per heavy atom. The average molecular weight is 269 g/mol. The fourth-order valence-electron chi connectivity index (χ4n) is 1.79. The summed E-state index contributed by atoms with van der Waals surface area (Å²) in [6, 6.07) is 1.25. The summed E-state index contributed by atoms with van der Waals surface area (Å²) in [5, 5.41) is 0.447. The van der Waals surface area contributed by atoms with Gasteiger partial charge in [-0.05, 0) is 6.07 Å². The minimum Gasteiger partial charge on any atom is -0.345 e. The Bertz CT molecular complexity index is 704. The molecule has 18 heavy (non-hydrogen) atoms. The first-order chi connectivity index (χ1) is 8.66. The molecule has 0 radical (unpaired) electrons. The largest absolute Gasteiger partial charge is 0.345 e. The summed E-state index contributed by atoms with van der Waals surface area (Å²) in [5.74, 6) is -0.517. The van der Waals surface area contributed by atoms with Crippen molar-refractivity contribution in [1.29, 1.82) is 0 Å². The molecule has 0 atom stereocenters. The van der Waals surface area contributed by atoms with Crippen molar-refractivity contribution in [3.8, 4) is 11.3 Å². The summed E-state index contributed by atoms with van der Waals surface area (Å²) < 4.78 is 38.8. The second-order valence-electron chi connectivity index (χ2n) is 3.62. The highest BCUT2D eigenvalue weighted by Crippen LogP contribution is 2.36. The van der Waals surface area contributed by atoms with Crippen molar-refractivity contribution in [1.82, 2.24) is 15.0 Å². The molecule has 0 fully saturated rings. The van der Waals surface area contributed by atoms with Gasteiger partial charge in [-0.15, -0.1) is 11.3 Å². The molecule has 0 unspecified atom stereocenters. The number of alkyl halides is 2. The molecule has 0 aromatic carbocycles. The van der Waals surface area contributed by atoms with Crippen LogP contribution in [-0.2, 0) is 0 Å². The molecule has 0 amide bonds. The molecular formula is C11H6F3N3S. The lowest BCUT2D eigenvalue weighted by molar-refractivity contribution is 0.156. The van der Waals surface area contributed by atoms with E-state index in [1.165, 1.54) is 17.8 Å². The standard InChI is InChI=1S/C11H6F3N3S/c12-5-1-6-7(3-16-11(6)15-2-5)8-9(10(13)14)18-4-17-8/h1-4,10H,(H,15,16). The van der Waals surface area contributed by atoms with E-state index in [1.807, 2.05) is 0 Å². The highest BCUT2D eigenvalue weighted by Gasteiger charge is 2.20. The molecule has 0 bridgehead atoms. The third-order valence-corrected chi connectivity index (χ3v) is 3.38. The van der Waals surface area contributed by atoms with Gasteiger partial charge in [0.2, 0.25) is 0 Å².